The van der Waals surface area contributed by atoms with E-state index in [1.807, 2.05) is 17.0 Å². The second-order valence-electron chi connectivity index (χ2n) is 2.95. The van der Waals surface area contributed by atoms with Gasteiger partial charge in [0.15, 0.2) is 0 Å². The maximum atomic E-state index is 5.52. The number of hydrogen-bond donors (Lipinski definition) is 1. The third-order valence-corrected chi connectivity index (χ3v) is 2.00. The van der Waals surface area contributed by atoms with Gasteiger partial charge in [-0.2, -0.15) is 0 Å². The van der Waals surface area contributed by atoms with Crippen LogP contribution in [-0.2, 0) is 13.1 Å². The fraction of sp³-hybridized carbons (Fsp3) is 0.667. The van der Waals surface area contributed by atoms with Crippen molar-refractivity contribution in [3.63, 3.8) is 0 Å². The number of nitrogens with two attached hydrogens (primary N) is 1. The van der Waals surface area contributed by atoms with Gasteiger partial charge in [-0.3, -0.25) is 0 Å². The number of hydrogen-bond acceptors (Lipinski definition) is 2. The first-order valence-electron chi connectivity index (χ1n) is 4.58. The lowest BCUT2D eigenvalue weighted by Crippen LogP contribution is -2.09. The highest BCUT2D eigenvalue weighted by atomic mass is 15.1. The maximum Gasteiger partial charge on any atom is 0.109 e. The van der Waals surface area contributed by atoms with Gasteiger partial charge in [0, 0.05) is 18.8 Å². The third-order valence-electron chi connectivity index (χ3n) is 2.00. The van der Waals surface area contributed by atoms with Crippen molar-refractivity contribution in [2.24, 2.45) is 5.73 Å². The molecule has 3 nitrogen and oxygen atoms in total. The number of nitrogens with zero attached hydrogens (tertiary/aromatic N) is 2. The summed E-state index contributed by atoms with van der Waals surface area (Å²) < 4.78 is 2.00. The first kappa shape index (κ1) is 9.26. The Morgan fingerprint density at radius 2 is 2.33 bits per heavy atom. The molecule has 12 heavy (non-hydrogen) atoms. The summed E-state index contributed by atoms with van der Waals surface area (Å²) in [7, 11) is 0. The minimum absolute atomic E-state index is 0.543. The van der Waals surface area contributed by atoms with E-state index >= 15 is 0 Å². The van der Waals surface area contributed by atoms with Gasteiger partial charge in [-0.15, -0.1) is 0 Å². The van der Waals surface area contributed by atoms with Crippen LogP contribution < -0.4 is 5.73 Å². The van der Waals surface area contributed by atoms with Gasteiger partial charge in [0.1, 0.15) is 5.82 Å². The van der Waals surface area contributed by atoms with Crippen LogP contribution in [0.2, 0.25) is 0 Å². The summed E-state index contributed by atoms with van der Waals surface area (Å²) in [5.41, 5.74) is 5.52. The second kappa shape index (κ2) is 4.93. The molecule has 1 aromatic heterocycles. The summed E-state index contributed by atoms with van der Waals surface area (Å²) in [5, 5.41) is 0. The third kappa shape index (κ3) is 2.34. The van der Waals surface area contributed by atoms with Crippen LogP contribution in [0.15, 0.2) is 12.4 Å². The topological polar surface area (TPSA) is 43.8 Å². The molecule has 0 saturated carbocycles. The zero-order valence-electron chi connectivity index (χ0n) is 7.66. The number of aryl methyl sites for hydroxylation is 1. The van der Waals surface area contributed by atoms with Gasteiger partial charge in [0.05, 0.1) is 6.67 Å². The van der Waals surface area contributed by atoms with Gasteiger partial charge in [-0.05, 0) is 6.42 Å². The van der Waals surface area contributed by atoms with E-state index in [-0.39, 0.29) is 0 Å². The predicted molar refractivity (Wildman–Crippen MR) is 49.6 cm³/mol. The average Bonchev–Trinajstić information content (AvgIpc) is 2.52. The second-order valence-corrected chi connectivity index (χ2v) is 2.95. The molecule has 1 rings (SSSR count). The first-order valence-corrected chi connectivity index (χ1v) is 4.58. The van der Waals surface area contributed by atoms with Gasteiger partial charge >= 0.3 is 0 Å². The van der Waals surface area contributed by atoms with Crippen LogP contribution >= 0.6 is 0 Å². The van der Waals surface area contributed by atoms with E-state index in [1.165, 1.54) is 19.3 Å². The molecule has 0 aromatic carbocycles. The van der Waals surface area contributed by atoms with Gasteiger partial charge < -0.3 is 10.3 Å². The molecule has 0 saturated heterocycles. The molecule has 0 aliphatic carbocycles. The summed E-state index contributed by atoms with van der Waals surface area (Å²) in [6.07, 6.45) is 8.54. The lowest BCUT2D eigenvalue weighted by atomic mass is 10.2. The molecule has 0 bridgehead atoms. The summed E-state index contributed by atoms with van der Waals surface area (Å²) in [6, 6.07) is 0. The highest BCUT2D eigenvalue weighted by Crippen LogP contribution is 2.03. The fourth-order valence-electron chi connectivity index (χ4n) is 1.27. The molecule has 3 heteroatoms. The highest BCUT2D eigenvalue weighted by Gasteiger charge is 1.99. The quantitative estimate of drug-likeness (QED) is 0.676. The number of imidazole rings is 1. The van der Waals surface area contributed by atoms with Crippen molar-refractivity contribution < 1.29 is 0 Å². The van der Waals surface area contributed by atoms with Crippen molar-refractivity contribution >= 4 is 0 Å². The molecular weight excluding hydrogens is 150 g/mol. The lowest BCUT2D eigenvalue weighted by Gasteiger charge is -2.02. The minimum Gasteiger partial charge on any atom is -0.322 e. The molecule has 0 amide bonds. The number of unbranched alkanes of at least 4 members (excludes halogenated alkanes) is 2. The van der Waals surface area contributed by atoms with E-state index < -0.39 is 0 Å². The van der Waals surface area contributed by atoms with Crippen LogP contribution in [0.5, 0.6) is 0 Å². The van der Waals surface area contributed by atoms with Gasteiger partial charge in [-0.25, -0.2) is 4.98 Å². The predicted octanol–water partition coefficient (Wildman–Crippen LogP) is 1.53. The average molecular weight is 167 g/mol. The molecule has 0 aliphatic heterocycles. The zero-order valence-corrected chi connectivity index (χ0v) is 7.66. The van der Waals surface area contributed by atoms with E-state index in [4.69, 9.17) is 5.73 Å². The SMILES string of the molecule is CCCCCc1nccn1CN. The van der Waals surface area contributed by atoms with Crippen LogP contribution in [-0.4, -0.2) is 9.55 Å². The molecule has 0 aliphatic rings. The Bertz CT molecular complexity index is 217. The summed E-state index contributed by atoms with van der Waals surface area (Å²) in [5.74, 6) is 1.12. The molecule has 0 spiro atoms. The normalized spacial score (nSPS) is 10.5. The Morgan fingerprint density at radius 1 is 1.50 bits per heavy atom. The summed E-state index contributed by atoms with van der Waals surface area (Å²) in [4.78, 5) is 4.24. The van der Waals surface area contributed by atoms with Gasteiger partial charge in [-0.1, -0.05) is 19.8 Å². The molecule has 0 atom stereocenters. The Morgan fingerprint density at radius 3 is 3.00 bits per heavy atom. The van der Waals surface area contributed by atoms with Gasteiger partial charge in [0.25, 0.3) is 0 Å². The molecule has 68 valence electrons. The maximum absolute atomic E-state index is 5.52. The smallest absolute Gasteiger partial charge is 0.109 e. The lowest BCUT2D eigenvalue weighted by molar-refractivity contribution is 0.631. The molecular formula is C9H17N3. The molecule has 0 radical (unpaired) electrons. The first-order chi connectivity index (χ1) is 5.88. The van der Waals surface area contributed by atoms with Crippen LogP contribution in [0.4, 0.5) is 0 Å². The van der Waals surface area contributed by atoms with E-state index in [2.05, 4.69) is 11.9 Å². The monoisotopic (exact) mass is 167 g/mol. The van der Waals surface area contributed by atoms with E-state index in [0.29, 0.717) is 6.67 Å². The summed E-state index contributed by atoms with van der Waals surface area (Å²) >= 11 is 0. The van der Waals surface area contributed by atoms with E-state index in [9.17, 15) is 0 Å². The Labute approximate surface area is 73.6 Å². The van der Waals surface area contributed by atoms with Crippen LogP contribution in [0.25, 0.3) is 0 Å². The van der Waals surface area contributed by atoms with Crippen molar-refractivity contribution in [2.45, 2.75) is 39.3 Å². The van der Waals surface area contributed by atoms with Crippen molar-refractivity contribution in [1.29, 1.82) is 0 Å². The van der Waals surface area contributed by atoms with Crippen molar-refractivity contribution in [3.8, 4) is 0 Å². The van der Waals surface area contributed by atoms with Crippen molar-refractivity contribution in [2.75, 3.05) is 0 Å². The largest absolute Gasteiger partial charge is 0.322 e. The van der Waals surface area contributed by atoms with Crippen molar-refractivity contribution in [1.82, 2.24) is 9.55 Å². The molecule has 2 N–H and O–H groups in total. The molecule has 0 fully saturated rings. The van der Waals surface area contributed by atoms with E-state index in [0.717, 1.165) is 12.2 Å². The van der Waals surface area contributed by atoms with E-state index in [1.54, 1.807) is 0 Å². The molecule has 0 unspecified atom stereocenters. The Kier molecular flexibility index (Phi) is 3.80. The highest BCUT2D eigenvalue weighted by molar-refractivity contribution is 4.91. The minimum atomic E-state index is 0.543. The standard InChI is InChI=1S/C9H17N3/c1-2-3-4-5-9-11-6-7-12(9)8-10/h6-7H,2-5,8,10H2,1H3. The number of aromatic nitrogens is 2. The number of rotatable bonds is 5. The van der Waals surface area contributed by atoms with Gasteiger partial charge in [0.2, 0.25) is 0 Å². The Balaban J connectivity index is 2.39. The molecule has 1 heterocycles. The summed E-state index contributed by atoms with van der Waals surface area (Å²) in [6.45, 7) is 2.75. The molecule has 1 aromatic rings. The zero-order chi connectivity index (χ0) is 8.81. The van der Waals surface area contributed by atoms with Crippen LogP contribution in [0.3, 0.4) is 0 Å². The fourth-order valence-corrected chi connectivity index (χ4v) is 1.27. The van der Waals surface area contributed by atoms with Crippen LogP contribution in [0.1, 0.15) is 32.0 Å². The van der Waals surface area contributed by atoms with Crippen molar-refractivity contribution in [3.05, 3.63) is 18.2 Å². The Hall–Kier alpha value is -0.830. The van der Waals surface area contributed by atoms with Crippen LogP contribution in [0, 0.1) is 0 Å².